The number of nitrogens with zero attached hydrogens (tertiary/aromatic N) is 1. The standard InChI is InChI=1S/C21H20N2O4/c1-3-26-17-9-6-15(7-10-17)14-22-16-8-11-18(20(13-16)25-2)23-21(24)19-5-4-12-27-19/h4-14H,3H2,1-2H3,(H,23,24). The van der Waals surface area contributed by atoms with Gasteiger partial charge in [0, 0.05) is 12.3 Å². The van der Waals surface area contributed by atoms with Crippen molar-refractivity contribution >= 4 is 23.5 Å². The number of hydrogen-bond acceptors (Lipinski definition) is 5. The molecule has 1 aromatic heterocycles. The summed E-state index contributed by atoms with van der Waals surface area (Å²) in [6, 6.07) is 16.2. The zero-order chi connectivity index (χ0) is 19.1. The van der Waals surface area contributed by atoms with E-state index in [2.05, 4.69) is 10.3 Å². The van der Waals surface area contributed by atoms with Crippen molar-refractivity contribution in [2.45, 2.75) is 6.92 Å². The zero-order valence-electron chi connectivity index (χ0n) is 15.1. The second kappa shape index (κ2) is 8.71. The number of nitrogens with one attached hydrogen (secondary N) is 1. The molecule has 0 saturated carbocycles. The maximum absolute atomic E-state index is 12.1. The lowest BCUT2D eigenvalue weighted by atomic mass is 10.2. The molecule has 1 heterocycles. The first-order valence-electron chi connectivity index (χ1n) is 8.49. The van der Waals surface area contributed by atoms with E-state index in [-0.39, 0.29) is 11.7 Å². The molecule has 3 rings (SSSR count). The Morgan fingerprint density at radius 3 is 2.67 bits per heavy atom. The van der Waals surface area contributed by atoms with Crippen LogP contribution in [0.1, 0.15) is 23.0 Å². The van der Waals surface area contributed by atoms with E-state index in [1.54, 1.807) is 36.5 Å². The zero-order valence-corrected chi connectivity index (χ0v) is 15.1. The minimum atomic E-state index is -0.344. The van der Waals surface area contributed by atoms with Crippen LogP contribution in [0.2, 0.25) is 0 Å². The molecule has 6 nitrogen and oxygen atoms in total. The lowest BCUT2D eigenvalue weighted by Crippen LogP contribution is -2.11. The van der Waals surface area contributed by atoms with E-state index in [0.717, 1.165) is 11.3 Å². The number of benzene rings is 2. The molecule has 0 aliphatic carbocycles. The molecule has 6 heteroatoms. The van der Waals surface area contributed by atoms with Gasteiger partial charge in [-0.05, 0) is 61.0 Å². The summed E-state index contributed by atoms with van der Waals surface area (Å²) in [7, 11) is 1.54. The summed E-state index contributed by atoms with van der Waals surface area (Å²) >= 11 is 0. The number of furan rings is 1. The predicted molar refractivity (Wildman–Crippen MR) is 105 cm³/mol. The molecule has 1 amide bonds. The van der Waals surface area contributed by atoms with Crippen LogP contribution in [0.3, 0.4) is 0 Å². The number of anilines is 1. The van der Waals surface area contributed by atoms with Crippen molar-refractivity contribution < 1.29 is 18.7 Å². The molecular weight excluding hydrogens is 344 g/mol. The maximum Gasteiger partial charge on any atom is 0.291 e. The summed E-state index contributed by atoms with van der Waals surface area (Å²) in [6.07, 6.45) is 3.20. The van der Waals surface area contributed by atoms with Gasteiger partial charge in [-0.15, -0.1) is 0 Å². The number of carbonyl (C=O) groups is 1. The lowest BCUT2D eigenvalue weighted by molar-refractivity contribution is 0.0996. The van der Waals surface area contributed by atoms with E-state index in [0.29, 0.717) is 23.7 Å². The minimum Gasteiger partial charge on any atom is -0.494 e. The van der Waals surface area contributed by atoms with E-state index < -0.39 is 0 Å². The fourth-order valence-electron chi connectivity index (χ4n) is 2.42. The lowest BCUT2D eigenvalue weighted by Gasteiger charge is -2.10. The quantitative estimate of drug-likeness (QED) is 0.617. The summed E-state index contributed by atoms with van der Waals surface area (Å²) < 4.78 is 15.9. The molecule has 0 saturated heterocycles. The molecule has 27 heavy (non-hydrogen) atoms. The van der Waals surface area contributed by atoms with Crippen LogP contribution < -0.4 is 14.8 Å². The molecule has 0 fully saturated rings. The van der Waals surface area contributed by atoms with Crippen molar-refractivity contribution in [3.63, 3.8) is 0 Å². The summed E-state index contributed by atoms with van der Waals surface area (Å²) in [5.74, 6) is 1.22. The third-order valence-electron chi connectivity index (χ3n) is 3.73. The Balaban J connectivity index is 1.72. The van der Waals surface area contributed by atoms with Gasteiger partial charge in [-0.3, -0.25) is 9.79 Å². The smallest absolute Gasteiger partial charge is 0.291 e. The van der Waals surface area contributed by atoms with E-state index >= 15 is 0 Å². The number of aliphatic imine (C=N–C) groups is 1. The molecule has 0 aliphatic heterocycles. The number of amides is 1. The van der Waals surface area contributed by atoms with Gasteiger partial charge in [-0.2, -0.15) is 0 Å². The molecule has 0 spiro atoms. The number of methoxy groups -OCH3 is 1. The fourth-order valence-corrected chi connectivity index (χ4v) is 2.42. The van der Waals surface area contributed by atoms with Crippen molar-refractivity contribution in [3.8, 4) is 11.5 Å². The predicted octanol–water partition coefficient (Wildman–Crippen LogP) is 4.69. The number of carbonyl (C=O) groups excluding carboxylic acids is 1. The van der Waals surface area contributed by atoms with Crippen LogP contribution in [0, 0.1) is 0 Å². The monoisotopic (exact) mass is 364 g/mol. The van der Waals surface area contributed by atoms with Gasteiger partial charge in [-0.1, -0.05) is 0 Å². The van der Waals surface area contributed by atoms with Gasteiger partial charge in [0.15, 0.2) is 5.76 Å². The number of ether oxygens (including phenoxy) is 2. The van der Waals surface area contributed by atoms with Crippen LogP contribution in [-0.2, 0) is 0 Å². The Morgan fingerprint density at radius 1 is 1.19 bits per heavy atom. The van der Waals surface area contributed by atoms with E-state index in [1.807, 2.05) is 31.2 Å². The molecule has 3 aromatic rings. The highest BCUT2D eigenvalue weighted by molar-refractivity contribution is 6.03. The van der Waals surface area contributed by atoms with E-state index in [9.17, 15) is 4.79 Å². The molecule has 2 aromatic carbocycles. The van der Waals surface area contributed by atoms with Crippen LogP contribution in [0.15, 0.2) is 70.3 Å². The highest BCUT2D eigenvalue weighted by Crippen LogP contribution is 2.29. The van der Waals surface area contributed by atoms with Gasteiger partial charge in [0.05, 0.1) is 31.4 Å². The van der Waals surface area contributed by atoms with Crippen LogP contribution in [0.25, 0.3) is 0 Å². The molecule has 0 aliphatic rings. The van der Waals surface area contributed by atoms with Crippen molar-refractivity contribution in [2.75, 3.05) is 19.0 Å². The first kappa shape index (κ1) is 18.3. The van der Waals surface area contributed by atoms with Crippen molar-refractivity contribution in [3.05, 3.63) is 72.2 Å². The Bertz CT molecular complexity index is 916. The highest BCUT2D eigenvalue weighted by Gasteiger charge is 2.12. The summed E-state index contributed by atoms with van der Waals surface area (Å²) in [5, 5.41) is 2.76. The van der Waals surface area contributed by atoms with E-state index in [4.69, 9.17) is 13.9 Å². The van der Waals surface area contributed by atoms with E-state index in [1.165, 1.54) is 13.4 Å². The molecule has 0 radical (unpaired) electrons. The third kappa shape index (κ3) is 4.76. The van der Waals surface area contributed by atoms with Crippen LogP contribution in [0.5, 0.6) is 11.5 Å². The molecule has 0 unspecified atom stereocenters. The molecule has 0 atom stereocenters. The van der Waals surface area contributed by atoms with Crippen molar-refractivity contribution in [1.29, 1.82) is 0 Å². The summed E-state index contributed by atoms with van der Waals surface area (Å²) in [6.45, 7) is 2.58. The second-order valence-corrected chi connectivity index (χ2v) is 5.58. The average Bonchev–Trinajstić information content (AvgIpc) is 3.23. The van der Waals surface area contributed by atoms with Gasteiger partial charge in [0.2, 0.25) is 0 Å². The average molecular weight is 364 g/mol. The molecule has 1 N–H and O–H groups in total. The van der Waals surface area contributed by atoms with Gasteiger partial charge < -0.3 is 19.2 Å². The van der Waals surface area contributed by atoms with Crippen molar-refractivity contribution in [2.24, 2.45) is 4.99 Å². The minimum absolute atomic E-state index is 0.231. The Labute approximate surface area is 157 Å². The fraction of sp³-hybridized carbons (Fsp3) is 0.143. The SMILES string of the molecule is CCOc1ccc(C=Nc2ccc(NC(=O)c3ccco3)c(OC)c2)cc1. The van der Waals surface area contributed by atoms with Crippen LogP contribution in [0.4, 0.5) is 11.4 Å². The molecule has 138 valence electrons. The Kier molecular flexibility index (Phi) is 5.89. The van der Waals surface area contributed by atoms with Gasteiger partial charge in [-0.25, -0.2) is 0 Å². The number of hydrogen-bond donors (Lipinski definition) is 1. The first-order valence-corrected chi connectivity index (χ1v) is 8.49. The maximum atomic E-state index is 12.1. The first-order chi connectivity index (χ1) is 13.2. The third-order valence-corrected chi connectivity index (χ3v) is 3.73. The summed E-state index contributed by atoms with van der Waals surface area (Å²) in [5.41, 5.74) is 2.20. The van der Waals surface area contributed by atoms with Gasteiger partial charge >= 0.3 is 0 Å². The van der Waals surface area contributed by atoms with Crippen LogP contribution >= 0.6 is 0 Å². The Hall–Kier alpha value is -3.54. The van der Waals surface area contributed by atoms with Crippen molar-refractivity contribution in [1.82, 2.24) is 0 Å². The van der Waals surface area contributed by atoms with Crippen LogP contribution in [-0.4, -0.2) is 25.8 Å². The van der Waals surface area contributed by atoms with Gasteiger partial charge in [0.1, 0.15) is 11.5 Å². The largest absolute Gasteiger partial charge is 0.494 e. The number of rotatable bonds is 7. The second-order valence-electron chi connectivity index (χ2n) is 5.58. The normalized spacial score (nSPS) is 10.7. The molecular formula is C21H20N2O4. The molecule has 0 bridgehead atoms. The van der Waals surface area contributed by atoms with Gasteiger partial charge in [0.25, 0.3) is 5.91 Å². The Morgan fingerprint density at radius 2 is 2.00 bits per heavy atom. The summed E-state index contributed by atoms with van der Waals surface area (Å²) in [4.78, 5) is 16.6. The topological polar surface area (TPSA) is 73.1 Å². The highest BCUT2D eigenvalue weighted by atomic mass is 16.5.